The van der Waals surface area contributed by atoms with Gasteiger partial charge in [-0.3, -0.25) is 9.59 Å². The fourth-order valence-electron chi connectivity index (χ4n) is 3.31. The van der Waals surface area contributed by atoms with E-state index in [1.54, 1.807) is 36.2 Å². The molecule has 0 N–H and O–H groups in total. The Morgan fingerprint density at radius 2 is 1.85 bits per heavy atom. The van der Waals surface area contributed by atoms with Gasteiger partial charge < -0.3 is 14.1 Å². The Morgan fingerprint density at radius 1 is 1.12 bits per heavy atom. The highest BCUT2D eigenvalue weighted by Gasteiger charge is 2.24. The molecule has 0 fully saturated rings. The molecule has 0 saturated carbocycles. The lowest BCUT2D eigenvalue weighted by Crippen LogP contribution is -2.38. The van der Waals surface area contributed by atoms with Crippen LogP contribution in [0.4, 0.5) is 0 Å². The van der Waals surface area contributed by atoms with Crippen molar-refractivity contribution in [1.29, 1.82) is 0 Å². The van der Waals surface area contributed by atoms with Gasteiger partial charge in [-0.25, -0.2) is 0 Å². The lowest BCUT2D eigenvalue weighted by molar-refractivity contribution is 0.00921. The molecule has 1 aliphatic rings. The molecule has 1 atom stereocenters. The molecule has 0 saturated heterocycles. The molecule has 1 aromatic heterocycles. The Hall–Kier alpha value is -2.92. The SMILES string of the molecule is CN(C[C@H]1Cc2ccccc2CO1)C(=O)c1cc(=O)c2ccccc2o1. The van der Waals surface area contributed by atoms with E-state index < -0.39 is 0 Å². The van der Waals surface area contributed by atoms with Crippen molar-refractivity contribution < 1.29 is 13.9 Å². The van der Waals surface area contributed by atoms with E-state index in [4.69, 9.17) is 9.15 Å². The largest absolute Gasteiger partial charge is 0.451 e. The van der Waals surface area contributed by atoms with Crippen molar-refractivity contribution in [3.05, 3.63) is 81.7 Å². The smallest absolute Gasteiger partial charge is 0.289 e. The molecule has 0 unspecified atom stereocenters. The molecule has 1 amide bonds. The van der Waals surface area contributed by atoms with Crippen molar-refractivity contribution in [3.63, 3.8) is 0 Å². The minimum absolute atomic E-state index is 0.0485. The Balaban J connectivity index is 1.51. The van der Waals surface area contributed by atoms with Crippen LogP contribution >= 0.6 is 0 Å². The maximum absolute atomic E-state index is 12.7. The summed E-state index contributed by atoms with van der Waals surface area (Å²) in [6, 6.07) is 16.3. The maximum Gasteiger partial charge on any atom is 0.289 e. The second-order valence-electron chi connectivity index (χ2n) is 6.56. The first-order valence-corrected chi connectivity index (χ1v) is 8.58. The minimum Gasteiger partial charge on any atom is -0.451 e. The molecule has 3 aromatic rings. The molecule has 132 valence electrons. The predicted octanol–water partition coefficient (Wildman–Crippen LogP) is 3.01. The van der Waals surface area contributed by atoms with Gasteiger partial charge in [-0.2, -0.15) is 0 Å². The van der Waals surface area contributed by atoms with Crippen LogP contribution in [-0.2, 0) is 17.8 Å². The predicted molar refractivity (Wildman–Crippen MR) is 98.2 cm³/mol. The standard InChI is InChI=1S/C21H19NO4/c1-22(12-16-10-14-6-2-3-7-15(14)13-25-16)21(24)20-11-18(23)17-8-4-5-9-19(17)26-20/h2-9,11,16H,10,12-13H2,1H3/t16-/m1/s1. The number of para-hydroxylation sites is 1. The number of carbonyl (C=O) groups is 1. The van der Waals surface area contributed by atoms with Crippen LogP contribution in [0.25, 0.3) is 11.0 Å². The first-order valence-electron chi connectivity index (χ1n) is 8.58. The Kier molecular flexibility index (Phi) is 4.31. The van der Waals surface area contributed by atoms with E-state index in [1.807, 2.05) is 12.1 Å². The third kappa shape index (κ3) is 3.13. The Labute approximate surface area is 150 Å². The molecule has 0 bridgehead atoms. The van der Waals surface area contributed by atoms with Gasteiger partial charge in [0, 0.05) is 26.1 Å². The molecule has 0 radical (unpaired) electrons. The highest BCUT2D eigenvalue weighted by molar-refractivity contribution is 5.93. The molecule has 0 spiro atoms. The van der Waals surface area contributed by atoms with Crippen LogP contribution in [0.2, 0.25) is 0 Å². The lowest BCUT2D eigenvalue weighted by Gasteiger charge is -2.28. The third-order valence-electron chi connectivity index (χ3n) is 4.71. The second-order valence-corrected chi connectivity index (χ2v) is 6.56. The Morgan fingerprint density at radius 3 is 2.69 bits per heavy atom. The number of fused-ring (bicyclic) bond motifs is 2. The van der Waals surface area contributed by atoms with Gasteiger partial charge in [0.25, 0.3) is 5.91 Å². The van der Waals surface area contributed by atoms with Crippen LogP contribution in [0.1, 0.15) is 21.7 Å². The molecule has 4 rings (SSSR count). The van der Waals surface area contributed by atoms with Crippen LogP contribution in [0.3, 0.4) is 0 Å². The summed E-state index contributed by atoms with van der Waals surface area (Å²) in [5.41, 5.74) is 2.64. The molecular formula is C21H19NO4. The lowest BCUT2D eigenvalue weighted by atomic mass is 9.99. The number of rotatable bonds is 3. The van der Waals surface area contributed by atoms with E-state index >= 15 is 0 Å². The number of nitrogens with zero attached hydrogens (tertiary/aromatic N) is 1. The van der Waals surface area contributed by atoms with Crippen LogP contribution in [0.15, 0.2) is 63.8 Å². The normalized spacial score (nSPS) is 16.3. The van der Waals surface area contributed by atoms with Crippen molar-refractivity contribution in [1.82, 2.24) is 4.90 Å². The van der Waals surface area contributed by atoms with E-state index in [-0.39, 0.29) is 23.2 Å². The molecule has 0 aliphatic carbocycles. The summed E-state index contributed by atoms with van der Waals surface area (Å²) in [4.78, 5) is 26.4. The quantitative estimate of drug-likeness (QED) is 0.729. The summed E-state index contributed by atoms with van der Waals surface area (Å²) in [5, 5.41) is 0.471. The van der Waals surface area contributed by atoms with Gasteiger partial charge >= 0.3 is 0 Å². The number of benzene rings is 2. The summed E-state index contributed by atoms with van der Waals surface area (Å²) in [7, 11) is 1.70. The molecule has 5 heteroatoms. The summed E-state index contributed by atoms with van der Waals surface area (Å²) >= 11 is 0. The zero-order chi connectivity index (χ0) is 18.1. The van der Waals surface area contributed by atoms with Crippen LogP contribution in [0.5, 0.6) is 0 Å². The van der Waals surface area contributed by atoms with Crippen molar-refractivity contribution in [3.8, 4) is 0 Å². The van der Waals surface area contributed by atoms with Gasteiger partial charge in [-0.15, -0.1) is 0 Å². The van der Waals surface area contributed by atoms with Crippen LogP contribution in [-0.4, -0.2) is 30.5 Å². The van der Waals surface area contributed by atoms with Crippen LogP contribution < -0.4 is 5.43 Å². The highest BCUT2D eigenvalue weighted by atomic mass is 16.5. The minimum atomic E-state index is -0.324. The average molecular weight is 349 g/mol. The fraction of sp³-hybridized carbons (Fsp3) is 0.238. The van der Waals surface area contributed by atoms with Crippen LogP contribution in [0, 0.1) is 0 Å². The summed E-state index contributed by atoms with van der Waals surface area (Å²) in [5.74, 6) is -0.275. The first-order chi connectivity index (χ1) is 12.6. The maximum atomic E-state index is 12.7. The van der Waals surface area contributed by atoms with Gasteiger partial charge in [0.2, 0.25) is 0 Å². The summed E-state index contributed by atoms with van der Waals surface area (Å²) in [6.45, 7) is 0.984. The third-order valence-corrected chi connectivity index (χ3v) is 4.71. The topological polar surface area (TPSA) is 59.8 Å². The number of ether oxygens (including phenoxy) is 1. The summed E-state index contributed by atoms with van der Waals surface area (Å²) < 4.78 is 11.5. The highest BCUT2D eigenvalue weighted by Crippen LogP contribution is 2.21. The van der Waals surface area contributed by atoms with Gasteiger partial charge in [-0.1, -0.05) is 36.4 Å². The van der Waals surface area contributed by atoms with Gasteiger partial charge in [-0.05, 0) is 23.3 Å². The molecule has 5 nitrogen and oxygen atoms in total. The van der Waals surface area contributed by atoms with Gasteiger partial charge in [0.1, 0.15) is 5.58 Å². The van der Waals surface area contributed by atoms with Crippen molar-refractivity contribution >= 4 is 16.9 Å². The van der Waals surface area contributed by atoms with E-state index in [2.05, 4.69) is 12.1 Å². The molecule has 1 aliphatic heterocycles. The number of hydrogen-bond donors (Lipinski definition) is 0. The molecular weight excluding hydrogens is 330 g/mol. The number of hydrogen-bond acceptors (Lipinski definition) is 4. The number of carbonyl (C=O) groups excluding carboxylic acids is 1. The number of likely N-dealkylation sites (N-methyl/N-ethyl adjacent to an activating group) is 1. The van der Waals surface area contributed by atoms with Crippen molar-refractivity contribution in [2.75, 3.05) is 13.6 Å². The average Bonchev–Trinajstić information content (AvgIpc) is 2.67. The molecule has 2 aromatic carbocycles. The fourth-order valence-corrected chi connectivity index (χ4v) is 3.31. The van der Waals surface area contributed by atoms with Crippen molar-refractivity contribution in [2.24, 2.45) is 0 Å². The number of amides is 1. The second kappa shape index (κ2) is 6.77. The van der Waals surface area contributed by atoms with E-state index in [0.717, 1.165) is 6.42 Å². The van der Waals surface area contributed by atoms with E-state index in [9.17, 15) is 9.59 Å². The summed E-state index contributed by atoms with van der Waals surface area (Å²) in [6.07, 6.45) is 0.682. The van der Waals surface area contributed by atoms with Gasteiger partial charge in [0.15, 0.2) is 11.2 Å². The first kappa shape index (κ1) is 16.5. The zero-order valence-electron chi connectivity index (χ0n) is 14.5. The zero-order valence-corrected chi connectivity index (χ0v) is 14.5. The van der Waals surface area contributed by atoms with Gasteiger partial charge in [0.05, 0.1) is 18.1 Å². The van der Waals surface area contributed by atoms with E-state index in [0.29, 0.717) is 24.1 Å². The van der Waals surface area contributed by atoms with Crippen molar-refractivity contribution in [2.45, 2.75) is 19.1 Å². The monoisotopic (exact) mass is 349 g/mol. The molecule has 26 heavy (non-hydrogen) atoms. The molecule has 2 heterocycles. The Bertz CT molecular complexity index is 1020. The van der Waals surface area contributed by atoms with E-state index in [1.165, 1.54) is 17.2 Å².